The Morgan fingerprint density at radius 3 is 2.30 bits per heavy atom. The average molecular weight is 267 g/mol. The fourth-order valence-corrected chi connectivity index (χ4v) is 2.05. The van der Waals surface area contributed by atoms with E-state index in [4.69, 9.17) is 0 Å². The van der Waals surface area contributed by atoms with Gasteiger partial charge in [-0.1, -0.05) is 32.0 Å². The average Bonchev–Trinajstić information content (AvgIpc) is 2.92. The van der Waals surface area contributed by atoms with E-state index in [9.17, 15) is 0 Å². The quantitative estimate of drug-likeness (QED) is 0.746. The molecule has 0 aliphatic carbocycles. The Morgan fingerprint density at radius 2 is 1.65 bits per heavy atom. The molecule has 1 N–H and O–H groups in total. The van der Waals surface area contributed by atoms with Crippen LogP contribution < -0.4 is 5.32 Å². The molecule has 0 saturated heterocycles. The Balaban J connectivity index is 0.000000704. The monoisotopic (exact) mass is 267 g/mol. The van der Waals surface area contributed by atoms with E-state index in [1.54, 1.807) is 0 Å². The molecule has 0 aliphatic rings. The largest absolute Gasteiger partial charge is 0.388 e. The van der Waals surface area contributed by atoms with E-state index in [1.807, 2.05) is 27.0 Å². The normalized spacial score (nSPS) is 10.0. The van der Waals surface area contributed by atoms with Crippen molar-refractivity contribution >= 4 is 11.3 Å². The molecule has 0 saturated carbocycles. The van der Waals surface area contributed by atoms with Crippen molar-refractivity contribution in [2.45, 2.75) is 20.8 Å². The minimum Gasteiger partial charge on any atom is -0.388 e. The van der Waals surface area contributed by atoms with Gasteiger partial charge in [-0.3, -0.25) is 0 Å². The van der Waals surface area contributed by atoms with Gasteiger partial charge in [0, 0.05) is 30.7 Å². The smallest absolute Gasteiger partial charge is 0.137 e. The molecule has 3 rings (SSSR count). The molecular weight excluding hydrogens is 246 g/mol. The van der Waals surface area contributed by atoms with E-state index < -0.39 is 0 Å². The zero-order valence-corrected chi connectivity index (χ0v) is 12.5. The van der Waals surface area contributed by atoms with Crippen LogP contribution in [-0.2, 0) is 0 Å². The van der Waals surface area contributed by atoms with Crippen molar-refractivity contribution in [2.75, 3.05) is 12.4 Å². The van der Waals surface area contributed by atoms with Crippen LogP contribution in [0.25, 0.3) is 16.9 Å². The number of benzene rings is 1. The molecule has 2 heterocycles. The predicted molar refractivity (Wildman–Crippen MR) is 86.3 cm³/mol. The van der Waals surface area contributed by atoms with E-state index in [1.165, 1.54) is 5.56 Å². The first kappa shape index (κ1) is 14.1. The Morgan fingerprint density at radius 1 is 0.950 bits per heavy atom. The van der Waals surface area contributed by atoms with Gasteiger partial charge in [0.25, 0.3) is 0 Å². The fourth-order valence-electron chi connectivity index (χ4n) is 2.05. The van der Waals surface area contributed by atoms with Gasteiger partial charge in [0.2, 0.25) is 0 Å². The summed E-state index contributed by atoms with van der Waals surface area (Å²) in [7, 11) is 1.92. The van der Waals surface area contributed by atoms with Crippen LogP contribution in [0, 0.1) is 6.92 Å². The Labute approximate surface area is 120 Å². The minimum absolute atomic E-state index is 0.980. The van der Waals surface area contributed by atoms with E-state index >= 15 is 0 Å². The second-order valence-corrected chi connectivity index (χ2v) is 4.43. The van der Waals surface area contributed by atoms with Gasteiger partial charge in [0.05, 0.1) is 5.69 Å². The third-order valence-corrected chi connectivity index (χ3v) is 3.07. The first-order valence-electron chi connectivity index (χ1n) is 7.00. The van der Waals surface area contributed by atoms with Gasteiger partial charge in [-0.05, 0) is 30.7 Å². The van der Waals surface area contributed by atoms with E-state index in [2.05, 4.69) is 64.4 Å². The topological polar surface area (TPSA) is 29.3 Å². The van der Waals surface area contributed by atoms with Crippen molar-refractivity contribution in [1.29, 1.82) is 0 Å². The van der Waals surface area contributed by atoms with Crippen molar-refractivity contribution < 1.29 is 0 Å². The molecule has 3 aromatic rings. The number of imidazole rings is 1. The van der Waals surface area contributed by atoms with Crippen LogP contribution in [-0.4, -0.2) is 16.4 Å². The molecule has 0 aliphatic heterocycles. The summed E-state index contributed by atoms with van der Waals surface area (Å²) in [5.74, 6) is 0. The molecule has 3 heteroatoms. The third kappa shape index (κ3) is 2.82. The Kier molecular flexibility index (Phi) is 4.41. The number of aryl methyl sites for hydroxylation is 1. The summed E-state index contributed by atoms with van der Waals surface area (Å²) in [6.07, 6.45) is 4.16. The number of anilines is 1. The van der Waals surface area contributed by atoms with Gasteiger partial charge in [-0.15, -0.1) is 0 Å². The molecule has 20 heavy (non-hydrogen) atoms. The van der Waals surface area contributed by atoms with Gasteiger partial charge in [-0.25, -0.2) is 4.98 Å². The third-order valence-electron chi connectivity index (χ3n) is 3.07. The molecule has 0 fully saturated rings. The maximum Gasteiger partial charge on any atom is 0.137 e. The van der Waals surface area contributed by atoms with Crippen LogP contribution in [0.15, 0.2) is 48.8 Å². The number of hydrogen-bond donors (Lipinski definition) is 1. The summed E-state index contributed by atoms with van der Waals surface area (Å²) in [6.45, 7) is 6.08. The predicted octanol–water partition coefficient (Wildman–Crippen LogP) is 4.38. The molecule has 0 radical (unpaired) electrons. The summed E-state index contributed by atoms with van der Waals surface area (Å²) in [4.78, 5) is 4.62. The maximum absolute atomic E-state index is 4.62. The first-order valence-corrected chi connectivity index (χ1v) is 7.00. The molecular formula is C17H21N3. The molecule has 1 aromatic carbocycles. The highest BCUT2D eigenvalue weighted by atomic mass is 15.0. The lowest BCUT2D eigenvalue weighted by atomic mass is 10.1. The molecule has 0 unspecified atom stereocenters. The molecule has 0 amide bonds. The number of pyridine rings is 1. The van der Waals surface area contributed by atoms with Crippen LogP contribution in [0.5, 0.6) is 0 Å². The number of fused-ring (bicyclic) bond motifs is 1. The van der Waals surface area contributed by atoms with Gasteiger partial charge in [0.1, 0.15) is 5.65 Å². The lowest BCUT2D eigenvalue weighted by Gasteiger charge is -2.00. The molecule has 2 aromatic heterocycles. The standard InChI is InChI=1S/C15H15N3.C2H6/c1-11-3-8-15-17-14(10-18(15)9-11)12-4-6-13(16-2)7-5-12;1-2/h3-10,16H,1-2H3;1-2H3. The van der Waals surface area contributed by atoms with Crippen molar-refractivity contribution in [1.82, 2.24) is 9.38 Å². The van der Waals surface area contributed by atoms with E-state index in [0.29, 0.717) is 0 Å². The number of nitrogens with zero attached hydrogens (tertiary/aromatic N) is 2. The number of aromatic nitrogens is 2. The van der Waals surface area contributed by atoms with Gasteiger partial charge < -0.3 is 9.72 Å². The number of rotatable bonds is 2. The van der Waals surface area contributed by atoms with Gasteiger partial charge in [0.15, 0.2) is 0 Å². The minimum atomic E-state index is 0.980. The van der Waals surface area contributed by atoms with Crippen LogP contribution in [0.1, 0.15) is 19.4 Å². The van der Waals surface area contributed by atoms with Crippen LogP contribution in [0.3, 0.4) is 0 Å². The maximum atomic E-state index is 4.62. The second-order valence-electron chi connectivity index (χ2n) is 4.43. The summed E-state index contributed by atoms with van der Waals surface area (Å²) in [6, 6.07) is 12.4. The summed E-state index contributed by atoms with van der Waals surface area (Å²) >= 11 is 0. The molecule has 0 atom stereocenters. The summed E-state index contributed by atoms with van der Waals surface area (Å²) in [5, 5.41) is 3.11. The lowest BCUT2D eigenvalue weighted by Crippen LogP contribution is -1.86. The van der Waals surface area contributed by atoms with Crippen molar-refractivity contribution in [3.05, 3.63) is 54.4 Å². The first-order chi connectivity index (χ1) is 9.76. The fraction of sp³-hybridized carbons (Fsp3) is 0.235. The zero-order chi connectivity index (χ0) is 14.5. The summed E-state index contributed by atoms with van der Waals surface area (Å²) in [5.41, 5.74) is 5.46. The number of hydrogen-bond acceptors (Lipinski definition) is 2. The highest BCUT2D eigenvalue weighted by Gasteiger charge is 2.04. The van der Waals surface area contributed by atoms with Crippen LogP contribution in [0.2, 0.25) is 0 Å². The molecule has 3 nitrogen and oxygen atoms in total. The highest BCUT2D eigenvalue weighted by molar-refractivity contribution is 5.65. The summed E-state index contributed by atoms with van der Waals surface area (Å²) < 4.78 is 2.07. The van der Waals surface area contributed by atoms with Crippen molar-refractivity contribution in [2.24, 2.45) is 0 Å². The van der Waals surface area contributed by atoms with Crippen molar-refractivity contribution in [3.63, 3.8) is 0 Å². The van der Waals surface area contributed by atoms with Crippen LogP contribution >= 0.6 is 0 Å². The lowest BCUT2D eigenvalue weighted by molar-refractivity contribution is 1.16. The Bertz CT molecular complexity index is 681. The van der Waals surface area contributed by atoms with E-state index in [-0.39, 0.29) is 0 Å². The zero-order valence-electron chi connectivity index (χ0n) is 12.5. The second kappa shape index (κ2) is 6.24. The van der Waals surface area contributed by atoms with Gasteiger partial charge in [-0.2, -0.15) is 0 Å². The Hall–Kier alpha value is -2.29. The van der Waals surface area contributed by atoms with Crippen molar-refractivity contribution in [3.8, 4) is 11.3 Å². The van der Waals surface area contributed by atoms with E-state index in [0.717, 1.165) is 22.6 Å². The van der Waals surface area contributed by atoms with Crippen LogP contribution in [0.4, 0.5) is 5.69 Å². The molecule has 0 bridgehead atoms. The SMILES string of the molecule is CC.CNc1ccc(-c2cn3cc(C)ccc3n2)cc1. The van der Waals surface area contributed by atoms with Gasteiger partial charge >= 0.3 is 0 Å². The molecule has 0 spiro atoms. The molecule has 104 valence electrons. The number of nitrogens with one attached hydrogen (secondary N) is 1. The highest BCUT2D eigenvalue weighted by Crippen LogP contribution is 2.21.